The molecule has 3 heteroatoms. The van der Waals surface area contributed by atoms with E-state index in [1.54, 1.807) is 0 Å². The lowest BCUT2D eigenvalue weighted by Crippen LogP contribution is -2.34. The number of aryl methyl sites for hydroxylation is 2. The van der Waals surface area contributed by atoms with E-state index in [9.17, 15) is 0 Å². The molecule has 1 heterocycles. The molecule has 0 radical (unpaired) electrons. The second kappa shape index (κ2) is 4.91. The van der Waals surface area contributed by atoms with Crippen LogP contribution >= 0.6 is 11.3 Å². The minimum Gasteiger partial charge on any atom is -0.329 e. The van der Waals surface area contributed by atoms with Crippen molar-refractivity contribution < 1.29 is 0 Å². The normalized spacial score (nSPS) is 13.6. The summed E-state index contributed by atoms with van der Waals surface area (Å²) in [6.45, 7) is 8.24. The first-order valence-electron chi connectivity index (χ1n) is 5.00. The molecule has 0 spiro atoms. The summed E-state index contributed by atoms with van der Waals surface area (Å²) in [6.07, 6.45) is 0. The first-order valence-corrected chi connectivity index (χ1v) is 5.82. The van der Waals surface area contributed by atoms with Crippen molar-refractivity contribution in [1.29, 1.82) is 0 Å². The third-order valence-electron chi connectivity index (χ3n) is 2.66. The molecule has 0 saturated heterocycles. The number of rotatable bonds is 4. The van der Waals surface area contributed by atoms with E-state index in [0.29, 0.717) is 6.04 Å². The van der Waals surface area contributed by atoms with Gasteiger partial charge >= 0.3 is 0 Å². The van der Waals surface area contributed by atoms with E-state index < -0.39 is 0 Å². The maximum atomic E-state index is 5.63. The van der Waals surface area contributed by atoms with E-state index in [1.807, 2.05) is 11.3 Å². The lowest BCUT2D eigenvalue weighted by molar-refractivity contribution is 0.254. The molecule has 1 unspecified atom stereocenters. The highest BCUT2D eigenvalue weighted by Gasteiger charge is 2.10. The Balaban J connectivity index is 2.64. The van der Waals surface area contributed by atoms with Crippen molar-refractivity contribution in [2.24, 2.45) is 5.73 Å². The highest BCUT2D eigenvalue weighted by Crippen LogP contribution is 2.21. The summed E-state index contributed by atoms with van der Waals surface area (Å²) in [5.41, 5.74) is 7.07. The smallest absolute Gasteiger partial charge is 0.0245 e. The van der Waals surface area contributed by atoms with Gasteiger partial charge in [-0.05, 0) is 39.4 Å². The molecule has 2 nitrogen and oxygen atoms in total. The molecule has 1 rings (SSSR count). The molecule has 1 aromatic rings. The molecule has 80 valence electrons. The van der Waals surface area contributed by atoms with Crippen LogP contribution in [0.4, 0.5) is 0 Å². The Morgan fingerprint density at radius 3 is 2.57 bits per heavy atom. The highest BCUT2D eigenvalue weighted by atomic mass is 32.1. The third-order valence-corrected chi connectivity index (χ3v) is 3.67. The predicted molar refractivity (Wildman–Crippen MR) is 63.8 cm³/mol. The average molecular weight is 212 g/mol. The molecule has 0 aromatic carbocycles. The highest BCUT2D eigenvalue weighted by molar-refractivity contribution is 7.12. The van der Waals surface area contributed by atoms with Gasteiger partial charge in [0.05, 0.1) is 0 Å². The van der Waals surface area contributed by atoms with Gasteiger partial charge in [0.25, 0.3) is 0 Å². The van der Waals surface area contributed by atoms with Gasteiger partial charge in [0.2, 0.25) is 0 Å². The zero-order valence-corrected chi connectivity index (χ0v) is 10.3. The number of thiophene rings is 1. The fourth-order valence-electron chi connectivity index (χ4n) is 1.44. The molecule has 2 N–H and O–H groups in total. The molecule has 1 atom stereocenters. The van der Waals surface area contributed by atoms with E-state index >= 15 is 0 Å². The first-order chi connectivity index (χ1) is 6.54. The lowest BCUT2D eigenvalue weighted by atomic mass is 10.2. The summed E-state index contributed by atoms with van der Waals surface area (Å²) in [5, 5.41) is 0. The van der Waals surface area contributed by atoms with Crippen LogP contribution in [0, 0.1) is 13.8 Å². The van der Waals surface area contributed by atoms with Crippen LogP contribution in [0.25, 0.3) is 0 Å². The minimum atomic E-state index is 0.453. The maximum Gasteiger partial charge on any atom is 0.0245 e. The van der Waals surface area contributed by atoms with Gasteiger partial charge in [0, 0.05) is 28.9 Å². The van der Waals surface area contributed by atoms with Crippen molar-refractivity contribution in [2.45, 2.75) is 33.4 Å². The average Bonchev–Trinajstić information content (AvgIpc) is 2.44. The first kappa shape index (κ1) is 11.7. The summed E-state index contributed by atoms with van der Waals surface area (Å²) in [7, 11) is 2.13. The fourth-order valence-corrected chi connectivity index (χ4v) is 2.38. The van der Waals surface area contributed by atoms with Crippen LogP contribution in [-0.4, -0.2) is 24.5 Å². The molecule has 1 aromatic heterocycles. The Morgan fingerprint density at radius 1 is 1.50 bits per heavy atom. The van der Waals surface area contributed by atoms with Gasteiger partial charge in [-0.25, -0.2) is 0 Å². The Kier molecular flexibility index (Phi) is 4.11. The van der Waals surface area contributed by atoms with Gasteiger partial charge < -0.3 is 5.73 Å². The monoisotopic (exact) mass is 212 g/mol. The predicted octanol–water partition coefficient (Wildman–Crippen LogP) is 2.14. The number of hydrogen-bond acceptors (Lipinski definition) is 3. The van der Waals surface area contributed by atoms with Crippen LogP contribution in [0.1, 0.15) is 22.2 Å². The van der Waals surface area contributed by atoms with Crippen LogP contribution < -0.4 is 5.73 Å². The van der Waals surface area contributed by atoms with E-state index in [-0.39, 0.29) is 0 Å². The van der Waals surface area contributed by atoms with Crippen LogP contribution in [0.3, 0.4) is 0 Å². The Morgan fingerprint density at radius 2 is 2.14 bits per heavy atom. The topological polar surface area (TPSA) is 29.3 Å². The van der Waals surface area contributed by atoms with Crippen LogP contribution in [-0.2, 0) is 6.54 Å². The van der Waals surface area contributed by atoms with E-state index in [2.05, 4.69) is 38.8 Å². The molecule has 0 aliphatic carbocycles. The number of likely N-dealkylation sites (N-methyl/N-ethyl adjacent to an activating group) is 1. The summed E-state index contributed by atoms with van der Waals surface area (Å²) >= 11 is 1.87. The van der Waals surface area contributed by atoms with Crippen molar-refractivity contribution in [3.8, 4) is 0 Å². The van der Waals surface area contributed by atoms with Gasteiger partial charge in [-0.3, -0.25) is 4.90 Å². The largest absolute Gasteiger partial charge is 0.329 e. The third kappa shape index (κ3) is 2.80. The number of nitrogens with zero attached hydrogens (tertiary/aromatic N) is 1. The van der Waals surface area contributed by atoms with E-state index in [1.165, 1.54) is 15.3 Å². The Hall–Kier alpha value is -0.380. The van der Waals surface area contributed by atoms with Crippen LogP contribution in [0.5, 0.6) is 0 Å². The van der Waals surface area contributed by atoms with Crippen molar-refractivity contribution in [1.82, 2.24) is 4.90 Å². The fraction of sp³-hybridized carbons (Fsp3) is 0.636. The summed E-state index contributed by atoms with van der Waals surface area (Å²) in [4.78, 5) is 5.12. The molecule has 0 fully saturated rings. The number of nitrogens with two attached hydrogens (primary N) is 1. The lowest BCUT2D eigenvalue weighted by Gasteiger charge is -2.23. The number of hydrogen-bond donors (Lipinski definition) is 1. The van der Waals surface area contributed by atoms with E-state index in [4.69, 9.17) is 5.73 Å². The SMILES string of the molecule is Cc1cc(CN(C)C(C)CN)c(C)s1. The van der Waals surface area contributed by atoms with Crippen molar-refractivity contribution in [3.05, 3.63) is 21.4 Å². The summed E-state index contributed by atoms with van der Waals surface area (Å²) < 4.78 is 0. The summed E-state index contributed by atoms with van der Waals surface area (Å²) in [5.74, 6) is 0. The Labute approximate surface area is 90.7 Å². The molecular formula is C11H20N2S. The second-order valence-corrected chi connectivity index (χ2v) is 5.40. The summed E-state index contributed by atoms with van der Waals surface area (Å²) in [6, 6.07) is 2.73. The molecule has 0 aliphatic rings. The van der Waals surface area contributed by atoms with Crippen LogP contribution in [0.15, 0.2) is 6.07 Å². The van der Waals surface area contributed by atoms with Crippen molar-refractivity contribution in [3.63, 3.8) is 0 Å². The maximum absolute atomic E-state index is 5.63. The quantitative estimate of drug-likeness (QED) is 0.828. The molecule has 0 aliphatic heterocycles. The van der Waals surface area contributed by atoms with Crippen LogP contribution in [0.2, 0.25) is 0 Å². The zero-order valence-electron chi connectivity index (χ0n) is 9.50. The van der Waals surface area contributed by atoms with E-state index in [0.717, 1.165) is 13.1 Å². The van der Waals surface area contributed by atoms with Gasteiger partial charge in [-0.1, -0.05) is 0 Å². The molecule has 0 amide bonds. The Bertz CT molecular complexity index is 293. The zero-order chi connectivity index (χ0) is 10.7. The van der Waals surface area contributed by atoms with Crippen molar-refractivity contribution >= 4 is 11.3 Å². The second-order valence-electron chi connectivity index (χ2n) is 3.94. The molecular weight excluding hydrogens is 192 g/mol. The minimum absolute atomic E-state index is 0.453. The van der Waals surface area contributed by atoms with Gasteiger partial charge in [0.15, 0.2) is 0 Å². The molecule has 0 saturated carbocycles. The molecule has 0 bridgehead atoms. The van der Waals surface area contributed by atoms with Gasteiger partial charge in [-0.2, -0.15) is 0 Å². The van der Waals surface area contributed by atoms with Crippen molar-refractivity contribution in [2.75, 3.05) is 13.6 Å². The van der Waals surface area contributed by atoms with Gasteiger partial charge in [-0.15, -0.1) is 11.3 Å². The standard InChI is InChI=1S/C11H20N2S/c1-8(6-12)13(4)7-11-5-9(2)14-10(11)3/h5,8H,6-7,12H2,1-4H3. The molecule has 14 heavy (non-hydrogen) atoms. The van der Waals surface area contributed by atoms with Gasteiger partial charge in [0.1, 0.15) is 0 Å².